The van der Waals surface area contributed by atoms with E-state index in [0.717, 1.165) is 6.42 Å². The van der Waals surface area contributed by atoms with Crippen LogP contribution in [0.15, 0.2) is 0 Å². The normalized spacial score (nSPS) is 46.4. The van der Waals surface area contributed by atoms with Crippen LogP contribution in [-0.4, -0.2) is 41.9 Å². The Kier molecular flexibility index (Phi) is 3.67. The highest BCUT2D eigenvalue weighted by atomic mass is 16.7. The van der Waals surface area contributed by atoms with Crippen molar-refractivity contribution in [3.63, 3.8) is 0 Å². The largest absolute Gasteiger partial charge is 0.390 e. The highest BCUT2D eigenvalue weighted by molar-refractivity contribution is 4.85. The molecule has 0 saturated carbocycles. The first-order valence-corrected chi connectivity index (χ1v) is 4.66. The van der Waals surface area contributed by atoms with Crippen LogP contribution in [0.1, 0.15) is 20.3 Å². The van der Waals surface area contributed by atoms with Crippen molar-refractivity contribution in [2.45, 2.75) is 44.9 Å². The van der Waals surface area contributed by atoms with Crippen LogP contribution in [0.25, 0.3) is 0 Å². The van der Waals surface area contributed by atoms with E-state index in [4.69, 9.17) is 9.47 Å². The summed E-state index contributed by atoms with van der Waals surface area (Å²) in [4.78, 5) is 0. The standard InChI is InChI=1S/C9H18O4/c1-4-6-5(2)7(10)8(11)9(12-3)13-6/h5-11H,4H2,1-3H3/t5-,6?,7+,8?,9+/m1/s1. The van der Waals surface area contributed by atoms with Crippen molar-refractivity contribution in [3.8, 4) is 0 Å². The maximum absolute atomic E-state index is 9.64. The van der Waals surface area contributed by atoms with Gasteiger partial charge in [-0.3, -0.25) is 0 Å². The second kappa shape index (κ2) is 4.37. The van der Waals surface area contributed by atoms with Crippen LogP contribution < -0.4 is 0 Å². The molecule has 0 radical (unpaired) electrons. The minimum atomic E-state index is -0.942. The number of rotatable bonds is 2. The Morgan fingerprint density at radius 1 is 1.31 bits per heavy atom. The molecule has 1 aliphatic rings. The molecule has 4 heteroatoms. The van der Waals surface area contributed by atoms with Gasteiger partial charge in [0.05, 0.1) is 12.2 Å². The van der Waals surface area contributed by atoms with Crippen molar-refractivity contribution >= 4 is 0 Å². The number of hydrogen-bond acceptors (Lipinski definition) is 4. The Morgan fingerprint density at radius 2 is 1.92 bits per heavy atom. The van der Waals surface area contributed by atoms with Crippen LogP contribution in [-0.2, 0) is 9.47 Å². The van der Waals surface area contributed by atoms with E-state index in [1.54, 1.807) is 0 Å². The van der Waals surface area contributed by atoms with Crippen LogP contribution in [0.4, 0.5) is 0 Å². The van der Waals surface area contributed by atoms with Gasteiger partial charge in [-0.15, -0.1) is 0 Å². The van der Waals surface area contributed by atoms with Crippen molar-refractivity contribution in [1.29, 1.82) is 0 Å². The Morgan fingerprint density at radius 3 is 2.38 bits per heavy atom. The maximum atomic E-state index is 9.64. The summed E-state index contributed by atoms with van der Waals surface area (Å²) in [6.07, 6.45) is -1.63. The average molecular weight is 190 g/mol. The van der Waals surface area contributed by atoms with Gasteiger partial charge in [-0.2, -0.15) is 0 Å². The number of ether oxygens (including phenoxy) is 2. The van der Waals surface area contributed by atoms with Crippen molar-refractivity contribution in [2.24, 2.45) is 5.92 Å². The Balaban J connectivity index is 2.66. The van der Waals surface area contributed by atoms with E-state index >= 15 is 0 Å². The van der Waals surface area contributed by atoms with Crippen molar-refractivity contribution in [3.05, 3.63) is 0 Å². The molecule has 1 aliphatic heterocycles. The minimum Gasteiger partial charge on any atom is -0.390 e. The maximum Gasteiger partial charge on any atom is 0.185 e. The molecule has 0 aromatic heterocycles. The molecule has 0 bridgehead atoms. The molecule has 0 amide bonds. The monoisotopic (exact) mass is 190 g/mol. The van der Waals surface area contributed by atoms with Crippen LogP contribution in [0.2, 0.25) is 0 Å². The SMILES string of the molecule is CCC1O[C@H](OC)C(O)[C@@H](O)[C@@H]1C. The second-order valence-electron chi connectivity index (χ2n) is 3.53. The first kappa shape index (κ1) is 10.9. The molecule has 4 nitrogen and oxygen atoms in total. The molecule has 0 spiro atoms. The van der Waals surface area contributed by atoms with Gasteiger partial charge >= 0.3 is 0 Å². The Bertz CT molecular complexity index is 142. The van der Waals surface area contributed by atoms with Gasteiger partial charge in [0, 0.05) is 13.0 Å². The van der Waals surface area contributed by atoms with Gasteiger partial charge in [0.2, 0.25) is 0 Å². The predicted molar refractivity (Wildman–Crippen MR) is 47.1 cm³/mol. The smallest absolute Gasteiger partial charge is 0.185 e. The zero-order valence-electron chi connectivity index (χ0n) is 8.30. The second-order valence-corrected chi connectivity index (χ2v) is 3.53. The van der Waals surface area contributed by atoms with E-state index in [2.05, 4.69) is 0 Å². The molecule has 78 valence electrons. The lowest BCUT2D eigenvalue weighted by Gasteiger charge is -2.40. The number of methoxy groups -OCH3 is 1. The third kappa shape index (κ3) is 2.02. The van der Waals surface area contributed by atoms with E-state index in [-0.39, 0.29) is 12.0 Å². The van der Waals surface area contributed by atoms with Gasteiger partial charge in [0.1, 0.15) is 6.10 Å². The fourth-order valence-electron chi connectivity index (χ4n) is 1.73. The zero-order valence-corrected chi connectivity index (χ0v) is 8.30. The molecular weight excluding hydrogens is 172 g/mol. The summed E-state index contributed by atoms with van der Waals surface area (Å²) in [5.41, 5.74) is 0. The molecule has 5 atom stereocenters. The van der Waals surface area contributed by atoms with Crippen molar-refractivity contribution < 1.29 is 19.7 Å². The summed E-state index contributed by atoms with van der Waals surface area (Å²) in [6, 6.07) is 0. The average Bonchev–Trinajstić information content (AvgIpc) is 2.15. The molecule has 2 unspecified atom stereocenters. The summed E-state index contributed by atoms with van der Waals surface area (Å²) < 4.78 is 10.4. The third-order valence-electron chi connectivity index (χ3n) is 2.70. The lowest BCUT2D eigenvalue weighted by Crippen LogP contribution is -2.53. The number of aliphatic hydroxyl groups is 2. The number of hydrogen-bond donors (Lipinski definition) is 2. The van der Waals surface area contributed by atoms with Crippen LogP contribution in [0, 0.1) is 5.92 Å². The highest BCUT2D eigenvalue weighted by Crippen LogP contribution is 2.27. The van der Waals surface area contributed by atoms with Crippen LogP contribution >= 0.6 is 0 Å². The van der Waals surface area contributed by atoms with Gasteiger partial charge < -0.3 is 19.7 Å². The lowest BCUT2D eigenvalue weighted by molar-refractivity contribution is -0.275. The molecular formula is C9H18O4. The van der Waals surface area contributed by atoms with Gasteiger partial charge in [-0.05, 0) is 6.42 Å². The minimum absolute atomic E-state index is 0.0386. The predicted octanol–water partition coefficient (Wildman–Crippen LogP) is 0.126. The molecule has 1 heterocycles. The summed E-state index contributed by atoms with van der Waals surface area (Å²) in [5.74, 6) is -0.0496. The lowest BCUT2D eigenvalue weighted by atomic mass is 9.89. The van der Waals surface area contributed by atoms with Crippen LogP contribution in [0.5, 0.6) is 0 Å². The van der Waals surface area contributed by atoms with E-state index in [1.165, 1.54) is 7.11 Å². The fraction of sp³-hybridized carbons (Fsp3) is 1.00. The Labute approximate surface area is 78.5 Å². The highest BCUT2D eigenvalue weighted by Gasteiger charge is 2.41. The van der Waals surface area contributed by atoms with Gasteiger partial charge in [0.25, 0.3) is 0 Å². The molecule has 13 heavy (non-hydrogen) atoms. The molecule has 1 saturated heterocycles. The topological polar surface area (TPSA) is 58.9 Å². The Hall–Kier alpha value is -0.160. The molecule has 0 aromatic rings. The molecule has 1 fully saturated rings. The molecule has 0 aromatic carbocycles. The van der Waals surface area contributed by atoms with Gasteiger partial charge in [-0.25, -0.2) is 0 Å². The van der Waals surface area contributed by atoms with E-state index < -0.39 is 18.5 Å². The van der Waals surface area contributed by atoms with E-state index in [0.29, 0.717) is 0 Å². The number of aliphatic hydroxyl groups excluding tert-OH is 2. The van der Waals surface area contributed by atoms with Crippen molar-refractivity contribution in [1.82, 2.24) is 0 Å². The van der Waals surface area contributed by atoms with E-state index in [1.807, 2.05) is 13.8 Å². The summed E-state index contributed by atoms with van der Waals surface area (Å²) >= 11 is 0. The summed E-state index contributed by atoms with van der Waals surface area (Å²) in [5, 5.41) is 19.2. The summed E-state index contributed by atoms with van der Waals surface area (Å²) in [6.45, 7) is 3.85. The first-order valence-electron chi connectivity index (χ1n) is 4.66. The van der Waals surface area contributed by atoms with Gasteiger partial charge in [-0.1, -0.05) is 13.8 Å². The summed E-state index contributed by atoms with van der Waals surface area (Å²) in [7, 11) is 1.46. The molecule has 1 rings (SSSR count). The van der Waals surface area contributed by atoms with Crippen molar-refractivity contribution in [2.75, 3.05) is 7.11 Å². The fourth-order valence-corrected chi connectivity index (χ4v) is 1.73. The molecule has 2 N–H and O–H groups in total. The van der Waals surface area contributed by atoms with E-state index in [9.17, 15) is 10.2 Å². The first-order chi connectivity index (χ1) is 6.11. The van der Waals surface area contributed by atoms with Crippen LogP contribution in [0.3, 0.4) is 0 Å². The van der Waals surface area contributed by atoms with Gasteiger partial charge in [0.15, 0.2) is 6.29 Å². The molecule has 0 aliphatic carbocycles. The zero-order chi connectivity index (χ0) is 10.0. The third-order valence-corrected chi connectivity index (χ3v) is 2.70. The quantitative estimate of drug-likeness (QED) is 0.649.